The number of rotatable bonds is 5. The Morgan fingerprint density at radius 1 is 1.35 bits per heavy atom. The van der Waals surface area contributed by atoms with Crippen LogP contribution in [0.3, 0.4) is 0 Å². The molecule has 20 heavy (non-hydrogen) atoms. The van der Waals surface area contributed by atoms with Crippen molar-refractivity contribution in [3.8, 4) is 0 Å². The van der Waals surface area contributed by atoms with Crippen molar-refractivity contribution in [1.29, 1.82) is 0 Å². The average Bonchev–Trinajstić information content (AvgIpc) is 2.36. The lowest BCUT2D eigenvalue weighted by Gasteiger charge is -2.23. The van der Waals surface area contributed by atoms with Gasteiger partial charge in [0.25, 0.3) is 5.91 Å². The molecule has 0 unspecified atom stereocenters. The molecule has 0 atom stereocenters. The number of benzene rings is 1. The molecular weight excluding hydrogens is 254 g/mol. The molecule has 1 saturated carbocycles. The molecule has 0 aliphatic heterocycles. The SMILES string of the molecule is CCc1cccc(C)c1NC(=O)COC(=O)C1CCC1. The van der Waals surface area contributed by atoms with E-state index in [1.165, 1.54) is 0 Å². The van der Waals surface area contributed by atoms with Gasteiger partial charge in [-0.15, -0.1) is 0 Å². The van der Waals surface area contributed by atoms with E-state index < -0.39 is 0 Å². The van der Waals surface area contributed by atoms with Gasteiger partial charge in [0.1, 0.15) is 0 Å². The Labute approximate surface area is 119 Å². The summed E-state index contributed by atoms with van der Waals surface area (Å²) in [5.41, 5.74) is 2.94. The van der Waals surface area contributed by atoms with Gasteiger partial charge in [0, 0.05) is 5.69 Å². The Bertz CT molecular complexity index is 506. The van der Waals surface area contributed by atoms with Gasteiger partial charge in [-0.2, -0.15) is 0 Å². The molecule has 0 heterocycles. The van der Waals surface area contributed by atoms with E-state index in [4.69, 9.17) is 4.74 Å². The molecule has 108 valence electrons. The molecule has 1 aromatic rings. The van der Waals surface area contributed by atoms with E-state index in [1.54, 1.807) is 0 Å². The number of esters is 1. The summed E-state index contributed by atoms with van der Waals surface area (Å²) < 4.78 is 5.04. The van der Waals surface area contributed by atoms with Crippen molar-refractivity contribution in [2.24, 2.45) is 5.92 Å². The topological polar surface area (TPSA) is 55.4 Å². The number of nitrogens with one attached hydrogen (secondary N) is 1. The first-order chi connectivity index (χ1) is 9.61. The quantitative estimate of drug-likeness (QED) is 0.841. The largest absolute Gasteiger partial charge is 0.455 e. The van der Waals surface area contributed by atoms with Gasteiger partial charge in [0.2, 0.25) is 0 Å². The van der Waals surface area contributed by atoms with Crippen LogP contribution in [0.1, 0.15) is 37.3 Å². The van der Waals surface area contributed by atoms with Gasteiger partial charge in [-0.25, -0.2) is 0 Å². The predicted octanol–water partition coefficient (Wildman–Crippen LogP) is 2.84. The number of anilines is 1. The summed E-state index contributed by atoms with van der Waals surface area (Å²) in [6.07, 6.45) is 3.70. The molecule has 1 N–H and O–H groups in total. The lowest BCUT2D eigenvalue weighted by atomic mass is 9.86. The molecule has 0 bridgehead atoms. The molecule has 0 aromatic heterocycles. The molecule has 4 heteroatoms. The van der Waals surface area contributed by atoms with Crippen LogP contribution >= 0.6 is 0 Å². The Morgan fingerprint density at radius 3 is 2.70 bits per heavy atom. The Hall–Kier alpha value is -1.84. The first-order valence-electron chi connectivity index (χ1n) is 7.16. The number of hydrogen-bond acceptors (Lipinski definition) is 3. The van der Waals surface area contributed by atoms with Crippen LogP contribution in [0.15, 0.2) is 18.2 Å². The Kier molecular flexibility index (Phi) is 4.77. The predicted molar refractivity (Wildman–Crippen MR) is 77.5 cm³/mol. The minimum absolute atomic E-state index is 0.00691. The average molecular weight is 275 g/mol. The highest BCUT2D eigenvalue weighted by molar-refractivity contribution is 5.94. The number of ether oxygens (including phenoxy) is 1. The fourth-order valence-electron chi connectivity index (χ4n) is 2.28. The summed E-state index contributed by atoms with van der Waals surface area (Å²) in [5, 5.41) is 2.84. The third-order valence-corrected chi connectivity index (χ3v) is 3.79. The van der Waals surface area contributed by atoms with Crippen LogP contribution in [0.4, 0.5) is 5.69 Å². The van der Waals surface area contributed by atoms with Crippen molar-refractivity contribution in [3.63, 3.8) is 0 Å². The molecule has 1 fully saturated rings. The van der Waals surface area contributed by atoms with E-state index in [0.717, 1.165) is 42.5 Å². The molecule has 1 aromatic carbocycles. The molecule has 0 spiro atoms. The third-order valence-electron chi connectivity index (χ3n) is 3.79. The highest BCUT2D eigenvalue weighted by Gasteiger charge is 2.27. The van der Waals surface area contributed by atoms with Crippen LogP contribution in [0.2, 0.25) is 0 Å². The fourth-order valence-corrected chi connectivity index (χ4v) is 2.28. The van der Waals surface area contributed by atoms with Crippen molar-refractivity contribution in [2.75, 3.05) is 11.9 Å². The Balaban J connectivity index is 1.89. The number of hydrogen-bond donors (Lipinski definition) is 1. The summed E-state index contributed by atoms with van der Waals surface area (Å²) in [6.45, 7) is 3.79. The summed E-state index contributed by atoms with van der Waals surface area (Å²) in [5.74, 6) is -0.513. The van der Waals surface area contributed by atoms with Gasteiger partial charge in [-0.05, 0) is 37.3 Å². The van der Waals surface area contributed by atoms with Crippen LogP contribution in [-0.2, 0) is 20.7 Å². The zero-order valence-corrected chi connectivity index (χ0v) is 12.1. The second kappa shape index (κ2) is 6.55. The van der Waals surface area contributed by atoms with Gasteiger partial charge < -0.3 is 10.1 Å². The van der Waals surface area contributed by atoms with E-state index in [9.17, 15) is 9.59 Å². The van der Waals surface area contributed by atoms with Gasteiger partial charge in [-0.1, -0.05) is 31.5 Å². The summed E-state index contributed by atoms with van der Waals surface area (Å²) >= 11 is 0. The summed E-state index contributed by atoms with van der Waals surface area (Å²) in [6, 6.07) is 5.92. The number of para-hydroxylation sites is 1. The van der Waals surface area contributed by atoms with Crippen molar-refractivity contribution in [2.45, 2.75) is 39.5 Å². The van der Waals surface area contributed by atoms with E-state index in [2.05, 4.69) is 5.32 Å². The zero-order chi connectivity index (χ0) is 14.5. The van der Waals surface area contributed by atoms with Crippen LogP contribution in [0.25, 0.3) is 0 Å². The van der Waals surface area contributed by atoms with E-state index in [-0.39, 0.29) is 24.4 Å². The van der Waals surface area contributed by atoms with Gasteiger partial charge in [-0.3, -0.25) is 9.59 Å². The minimum Gasteiger partial charge on any atom is -0.455 e. The molecule has 2 rings (SSSR count). The monoisotopic (exact) mass is 275 g/mol. The number of carbonyl (C=O) groups is 2. The lowest BCUT2D eigenvalue weighted by molar-refractivity contribution is -0.154. The number of amides is 1. The van der Waals surface area contributed by atoms with Crippen LogP contribution in [0.5, 0.6) is 0 Å². The van der Waals surface area contributed by atoms with Crippen molar-refractivity contribution in [3.05, 3.63) is 29.3 Å². The van der Waals surface area contributed by atoms with Crippen LogP contribution in [-0.4, -0.2) is 18.5 Å². The molecule has 0 saturated heterocycles. The van der Waals surface area contributed by atoms with Crippen molar-refractivity contribution in [1.82, 2.24) is 0 Å². The second-order valence-corrected chi connectivity index (χ2v) is 5.25. The van der Waals surface area contributed by atoms with E-state index in [0.29, 0.717) is 0 Å². The number of aryl methyl sites for hydroxylation is 2. The van der Waals surface area contributed by atoms with Gasteiger partial charge in [0.05, 0.1) is 5.92 Å². The summed E-state index contributed by atoms with van der Waals surface area (Å²) in [7, 11) is 0. The highest BCUT2D eigenvalue weighted by atomic mass is 16.5. The minimum atomic E-state index is -0.276. The number of carbonyl (C=O) groups excluding carboxylic acids is 2. The van der Waals surface area contributed by atoms with Crippen LogP contribution < -0.4 is 5.32 Å². The van der Waals surface area contributed by atoms with Crippen LogP contribution in [0, 0.1) is 12.8 Å². The Morgan fingerprint density at radius 2 is 2.10 bits per heavy atom. The normalized spacial score (nSPS) is 14.5. The fraction of sp³-hybridized carbons (Fsp3) is 0.500. The maximum Gasteiger partial charge on any atom is 0.309 e. The van der Waals surface area contributed by atoms with E-state index >= 15 is 0 Å². The van der Waals surface area contributed by atoms with E-state index in [1.807, 2.05) is 32.0 Å². The maximum absolute atomic E-state index is 11.9. The third kappa shape index (κ3) is 3.38. The highest BCUT2D eigenvalue weighted by Crippen LogP contribution is 2.27. The summed E-state index contributed by atoms with van der Waals surface area (Å²) in [4.78, 5) is 23.4. The molecule has 1 aliphatic rings. The molecule has 1 aliphatic carbocycles. The second-order valence-electron chi connectivity index (χ2n) is 5.25. The molecular formula is C16H21NO3. The molecule has 0 radical (unpaired) electrons. The van der Waals surface area contributed by atoms with Gasteiger partial charge >= 0.3 is 5.97 Å². The first kappa shape index (κ1) is 14.6. The van der Waals surface area contributed by atoms with Crippen molar-refractivity contribution < 1.29 is 14.3 Å². The molecule has 4 nitrogen and oxygen atoms in total. The van der Waals surface area contributed by atoms with Crippen molar-refractivity contribution >= 4 is 17.6 Å². The van der Waals surface area contributed by atoms with Gasteiger partial charge in [0.15, 0.2) is 6.61 Å². The lowest BCUT2D eigenvalue weighted by Crippen LogP contribution is -2.28. The maximum atomic E-state index is 11.9. The first-order valence-corrected chi connectivity index (χ1v) is 7.16. The zero-order valence-electron chi connectivity index (χ0n) is 12.1. The standard InChI is InChI=1S/C16H21NO3/c1-3-12-7-4-6-11(2)15(12)17-14(18)10-20-16(19)13-8-5-9-13/h4,6-7,13H,3,5,8-10H2,1-2H3,(H,17,18). The smallest absolute Gasteiger partial charge is 0.309 e. The molecule has 1 amide bonds.